The Kier molecular flexibility index (Phi) is 4.89. The molecule has 3 heterocycles. The topological polar surface area (TPSA) is 18.0 Å². The van der Waals surface area contributed by atoms with Gasteiger partial charge in [-0.25, -0.2) is 0 Å². The number of para-hydroxylation sites is 2. The molecule has 0 fully saturated rings. The molecule has 1 unspecified atom stereocenters. The third kappa shape index (κ3) is 3.48. The highest BCUT2D eigenvalue weighted by molar-refractivity contribution is 6.09. The first-order valence-corrected chi connectivity index (χ1v) is 13.3. The maximum atomic E-state index is 6.56. The molecule has 7 aromatic rings. The summed E-state index contributed by atoms with van der Waals surface area (Å²) in [6, 6.07) is 49.2. The highest BCUT2D eigenvalue weighted by Gasteiger charge is 2.37. The second-order valence-corrected chi connectivity index (χ2v) is 10.0. The first kappa shape index (κ1) is 21.9. The molecule has 0 aliphatic carbocycles. The summed E-state index contributed by atoms with van der Waals surface area (Å²) in [5.74, 6) is 1.66. The minimum Gasteiger partial charge on any atom is -0.457 e. The molecule has 1 atom stereocenters. The van der Waals surface area contributed by atoms with E-state index in [1.807, 2.05) is 0 Å². The second kappa shape index (κ2) is 8.71. The van der Waals surface area contributed by atoms with Gasteiger partial charge in [-0.3, -0.25) is 0 Å². The minimum absolute atomic E-state index is 0.115. The van der Waals surface area contributed by atoms with Crippen LogP contribution < -0.4 is 9.30 Å². The maximum Gasteiger partial charge on any atom is 0.213 e. The summed E-state index contributed by atoms with van der Waals surface area (Å²) in [6.07, 6.45) is 2.17. The van der Waals surface area contributed by atoms with Gasteiger partial charge in [-0.15, -0.1) is 0 Å². The van der Waals surface area contributed by atoms with E-state index in [2.05, 4.69) is 155 Å². The predicted octanol–water partition coefficient (Wildman–Crippen LogP) is 8.48. The molecule has 1 aliphatic rings. The van der Waals surface area contributed by atoms with E-state index in [0.29, 0.717) is 0 Å². The lowest BCUT2D eigenvalue weighted by Gasteiger charge is -2.12. The highest BCUT2D eigenvalue weighted by Crippen LogP contribution is 2.40. The average Bonchev–Trinajstić information content (AvgIpc) is 3.50. The summed E-state index contributed by atoms with van der Waals surface area (Å²) in [6.45, 7) is 0. The lowest BCUT2D eigenvalue weighted by Crippen LogP contribution is -2.37. The van der Waals surface area contributed by atoms with Gasteiger partial charge in [0.05, 0.1) is 16.6 Å². The maximum absolute atomic E-state index is 6.56. The van der Waals surface area contributed by atoms with Gasteiger partial charge in [-0.2, -0.15) is 4.57 Å². The monoisotopic (exact) mass is 501 g/mol. The Labute approximate surface area is 226 Å². The van der Waals surface area contributed by atoms with Crippen LogP contribution in [0.25, 0.3) is 38.8 Å². The number of hydrogen-bond acceptors (Lipinski definition) is 1. The summed E-state index contributed by atoms with van der Waals surface area (Å²) >= 11 is 0. The van der Waals surface area contributed by atoms with E-state index in [0.717, 1.165) is 22.7 Å². The highest BCUT2D eigenvalue weighted by atomic mass is 16.5. The second-order valence-electron chi connectivity index (χ2n) is 10.0. The zero-order chi connectivity index (χ0) is 25.8. The van der Waals surface area contributed by atoms with Gasteiger partial charge in [0.25, 0.3) is 0 Å². The molecule has 1 aliphatic heterocycles. The van der Waals surface area contributed by atoms with Crippen molar-refractivity contribution in [3.05, 3.63) is 157 Å². The van der Waals surface area contributed by atoms with Crippen LogP contribution in [0.5, 0.6) is 11.5 Å². The van der Waals surface area contributed by atoms with Crippen LogP contribution in [-0.2, 0) is 0 Å². The number of hydrogen-bond donors (Lipinski definition) is 0. The minimum atomic E-state index is 0.115. The first-order chi connectivity index (χ1) is 19.3. The lowest BCUT2D eigenvalue weighted by molar-refractivity contribution is -0.688. The predicted molar refractivity (Wildman–Crippen MR) is 157 cm³/mol. The average molecular weight is 502 g/mol. The van der Waals surface area contributed by atoms with Crippen molar-refractivity contribution in [1.82, 2.24) is 4.57 Å². The lowest BCUT2D eigenvalue weighted by atomic mass is 9.97. The fraction of sp³-hybridized carbons (Fsp3) is 0.0278. The molecule has 0 saturated carbocycles. The number of benzene rings is 5. The van der Waals surface area contributed by atoms with Crippen molar-refractivity contribution in [1.29, 1.82) is 0 Å². The molecule has 39 heavy (non-hydrogen) atoms. The summed E-state index contributed by atoms with van der Waals surface area (Å²) in [7, 11) is 0. The summed E-state index contributed by atoms with van der Waals surface area (Å²) in [4.78, 5) is 0. The van der Waals surface area contributed by atoms with E-state index in [9.17, 15) is 0 Å². The van der Waals surface area contributed by atoms with Crippen LogP contribution in [0.4, 0.5) is 0 Å². The first-order valence-electron chi connectivity index (χ1n) is 13.3. The normalized spacial score (nSPS) is 13.9. The van der Waals surface area contributed by atoms with Gasteiger partial charge < -0.3 is 9.30 Å². The molecule has 184 valence electrons. The number of aromatic nitrogens is 2. The Bertz CT molecular complexity index is 1990. The van der Waals surface area contributed by atoms with E-state index in [4.69, 9.17) is 4.74 Å². The molecule has 5 aromatic carbocycles. The Balaban J connectivity index is 1.24. The Morgan fingerprint density at radius 3 is 2.13 bits per heavy atom. The molecule has 3 heteroatoms. The smallest absolute Gasteiger partial charge is 0.213 e. The van der Waals surface area contributed by atoms with Crippen LogP contribution in [0.2, 0.25) is 0 Å². The number of pyridine rings is 1. The zero-order valence-corrected chi connectivity index (χ0v) is 21.2. The van der Waals surface area contributed by atoms with Crippen molar-refractivity contribution < 1.29 is 9.30 Å². The molecule has 8 rings (SSSR count). The van der Waals surface area contributed by atoms with E-state index in [-0.39, 0.29) is 6.04 Å². The van der Waals surface area contributed by atoms with Gasteiger partial charge in [0.15, 0.2) is 6.20 Å². The van der Waals surface area contributed by atoms with Crippen LogP contribution in [-0.4, -0.2) is 4.57 Å². The number of ether oxygens (including phenoxy) is 1. The Hall–Kier alpha value is -5.15. The van der Waals surface area contributed by atoms with Crippen molar-refractivity contribution in [2.24, 2.45) is 0 Å². The van der Waals surface area contributed by atoms with E-state index in [1.54, 1.807) is 0 Å². The van der Waals surface area contributed by atoms with Crippen molar-refractivity contribution in [2.75, 3.05) is 0 Å². The standard InChI is InChI=1S/C36H25N2O/c1-3-11-25(12-4-1)36-32-23-27(18-21-31(32)33-16-9-10-22-37(33)36)39-28-19-20-30-29-15-7-8-17-34(29)38(35(30)24-28)26-13-5-2-6-14-26/h1-24,36H/q+1. The number of rotatable bonds is 4. The van der Waals surface area contributed by atoms with Crippen LogP contribution in [0.15, 0.2) is 146 Å². The van der Waals surface area contributed by atoms with E-state index >= 15 is 0 Å². The molecule has 0 saturated heterocycles. The summed E-state index contributed by atoms with van der Waals surface area (Å²) in [5, 5.41) is 2.45. The van der Waals surface area contributed by atoms with Crippen LogP contribution >= 0.6 is 0 Å². The molecular formula is C36H25N2O+. The largest absolute Gasteiger partial charge is 0.457 e. The molecule has 0 bridgehead atoms. The Morgan fingerprint density at radius 1 is 0.564 bits per heavy atom. The van der Waals surface area contributed by atoms with Crippen molar-refractivity contribution in [2.45, 2.75) is 6.04 Å². The molecular weight excluding hydrogens is 476 g/mol. The molecule has 0 amide bonds. The van der Waals surface area contributed by atoms with Crippen LogP contribution in [0.1, 0.15) is 17.2 Å². The third-order valence-electron chi connectivity index (χ3n) is 7.77. The molecule has 0 radical (unpaired) electrons. The fourth-order valence-corrected chi connectivity index (χ4v) is 6.10. The van der Waals surface area contributed by atoms with Crippen molar-refractivity contribution in [3.63, 3.8) is 0 Å². The quantitative estimate of drug-likeness (QED) is 0.221. The Morgan fingerprint density at radius 2 is 1.26 bits per heavy atom. The van der Waals surface area contributed by atoms with Crippen molar-refractivity contribution in [3.8, 4) is 28.4 Å². The molecule has 3 nitrogen and oxygen atoms in total. The van der Waals surface area contributed by atoms with E-state index in [1.165, 1.54) is 38.7 Å². The van der Waals surface area contributed by atoms with Gasteiger partial charge in [0.1, 0.15) is 11.5 Å². The van der Waals surface area contributed by atoms with E-state index < -0.39 is 0 Å². The fourth-order valence-electron chi connectivity index (χ4n) is 6.10. The third-order valence-corrected chi connectivity index (χ3v) is 7.77. The van der Waals surface area contributed by atoms with Crippen LogP contribution in [0.3, 0.4) is 0 Å². The van der Waals surface area contributed by atoms with Crippen LogP contribution in [0, 0.1) is 0 Å². The van der Waals surface area contributed by atoms with Crippen molar-refractivity contribution >= 4 is 21.8 Å². The zero-order valence-electron chi connectivity index (χ0n) is 21.2. The molecule has 0 spiro atoms. The van der Waals surface area contributed by atoms with Gasteiger partial charge in [0.2, 0.25) is 11.7 Å². The summed E-state index contributed by atoms with van der Waals surface area (Å²) in [5.41, 5.74) is 8.45. The van der Waals surface area contributed by atoms with Gasteiger partial charge in [-0.1, -0.05) is 66.7 Å². The number of nitrogens with zero attached hydrogens (tertiary/aromatic N) is 2. The van der Waals surface area contributed by atoms with Gasteiger partial charge in [0, 0.05) is 45.8 Å². The van der Waals surface area contributed by atoms with Gasteiger partial charge >= 0.3 is 0 Å². The number of fused-ring (bicyclic) bond motifs is 6. The SMILES string of the molecule is c1ccc(C2c3cc(Oc4ccc5c6ccccc6n(-c6ccccc6)c5c4)ccc3-c3cccc[n+]32)cc1. The molecule has 0 N–H and O–H groups in total. The summed E-state index contributed by atoms with van der Waals surface area (Å²) < 4.78 is 11.2. The molecule has 2 aromatic heterocycles. The van der Waals surface area contributed by atoms with Gasteiger partial charge in [-0.05, 0) is 54.6 Å².